The van der Waals surface area contributed by atoms with Gasteiger partial charge in [0.1, 0.15) is 11.9 Å². The minimum absolute atomic E-state index is 0.336. The van der Waals surface area contributed by atoms with Gasteiger partial charge in [-0.3, -0.25) is 14.8 Å². The summed E-state index contributed by atoms with van der Waals surface area (Å²) >= 11 is 0. The Morgan fingerprint density at radius 1 is 1.52 bits per heavy atom. The molecule has 110 valence electrons. The van der Waals surface area contributed by atoms with Crippen LogP contribution in [0.15, 0.2) is 24.5 Å². The predicted octanol–water partition coefficient (Wildman–Crippen LogP) is 1.08. The van der Waals surface area contributed by atoms with Gasteiger partial charge in [-0.1, -0.05) is 0 Å². The van der Waals surface area contributed by atoms with Gasteiger partial charge in [0.2, 0.25) is 0 Å². The molecule has 0 radical (unpaired) electrons. The summed E-state index contributed by atoms with van der Waals surface area (Å²) in [6.07, 6.45) is 2.14. The fourth-order valence-corrected chi connectivity index (χ4v) is 1.79. The number of nitro benzene ring substituents is 1. The molecule has 0 fully saturated rings. The highest BCUT2D eigenvalue weighted by Gasteiger charge is 2.19. The van der Waals surface area contributed by atoms with Crippen LogP contribution in [0.4, 0.5) is 11.4 Å². The molecule has 0 aliphatic rings. The third-order valence-electron chi connectivity index (χ3n) is 2.75. The highest BCUT2D eigenvalue weighted by molar-refractivity contribution is 5.93. The summed E-state index contributed by atoms with van der Waals surface area (Å²) in [6, 6.07) is 3.90. The van der Waals surface area contributed by atoms with Crippen molar-refractivity contribution in [1.82, 2.24) is 14.8 Å². The number of rotatable bonds is 6. The van der Waals surface area contributed by atoms with Crippen LogP contribution in [-0.2, 0) is 13.5 Å². The lowest BCUT2D eigenvalue weighted by Crippen LogP contribution is -2.08. The number of benzene rings is 1. The van der Waals surface area contributed by atoms with Gasteiger partial charge in [0, 0.05) is 31.8 Å². The van der Waals surface area contributed by atoms with Gasteiger partial charge in [-0.05, 0) is 12.1 Å². The van der Waals surface area contributed by atoms with Crippen LogP contribution in [0.5, 0.6) is 0 Å². The van der Waals surface area contributed by atoms with Crippen LogP contribution in [-0.4, -0.2) is 37.3 Å². The summed E-state index contributed by atoms with van der Waals surface area (Å²) in [6.45, 7) is 0.480. The number of aryl methyl sites for hydroxylation is 1. The van der Waals surface area contributed by atoms with E-state index >= 15 is 0 Å². The highest BCUT2D eigenvalue weighted by atomic mass is 16.6. The fourth-order valence-electron chi connectivity index (χ4n) is 1.79. The Morgan fingerprint density at radius 3 is 2.86 bits per heavy atom. The quantitative estimate of drug-likeness (QED) is 0.602. The number of aromatic nitrogens is 3. The van der Waals surface area contributed by atoms with Crippen LogP contribution >= 0.6 is 0 Å². The van der Waals surface area contributed by atoms with Crippen molar-refractivity contribution in [3.05, 3.63) is 46.0 Å². The van der Waals surface area contributed by atoms with Crippen molar-refractivity contribution >= 4 is 17.3 Å². The molecule has 9 heteroatoms. The maximum Gasteiger partial charge on any atom is 0.342 e. The van der Waals surface area contributed by atoms with Gasteiger partial charge in [-0.2, -0.15) is 5.10 Å². The SMILES string of the molecule is Cn1cnc(CCNc2ccc(C(=O)O)c([N+](=O)[O-])c2)n1. The summed E-state index contributed by atoms with van der Waals surface area (Å²) in [4.78, 5) is 25.1. The van der Waals surface area contributed by atoms with E-state index < -0.39 is 16.6 Å². The second kappa shape index (κ2) is 5.99. The Labute approximate surface area is 119 Å². The largest absolute Gasteiger partial charge is 0.477 e. The number of carboxylic acids is 1. The van der Waals surface area contributed by atoms with E-state index in [9.17, 15) is 14.9 Å². The molecule has 21 heavy (non-hydrogen) atoms. The van der Waals surface area contributed by atoms with Gasteiger partial charge >= 0.3 is 5.97 Å². The molecule has 0 aliphatic carbocycles. The predicted molar refractivity (Wildman–Crippen MR) is 73.3 cm³/mol. The number of hydrogen-bond donors (Lipinski definition) is 2. The standard InChI is InChI=1S/C12H13N5O4/c1-16-7-14-11(15-16)4-5-13-8-2-3-9(12(18)19)10(6-8)17(20)21/h2-3,6-7,13H,4-5H2,1H3,(H,18,19). The second-order valence-corrected chi connectivity index (χ2v) is 4.31. The zero-order valence-corrected chi connectivity index (χ0v) is 11.2. The fraction of sp³-hybridized carbons (Fsp3) is 0.250. The number of anilines is 1. The third kappa shape index (κ3) is 3.53. The molecule has 2 rings (SSSR count). The van der Waals surface area contributed by atoms with E-state index in [2.05, 4.69) is 15.4 Å². The smallest absolute Gasteiger partial charge is 0.342 e. The zero-order chi connectivity index (χ0) is 15.4. The van der Waals surface area contributed by atoms with Crippen LogP contribution in [0.25, 0.3) is 0 Å². The lowest BCUT2D eigenvalue weighted by atomic mass is 10.1. The molecule has 0 atom stereocenters. The molecule has 2 N–H and O–H groups in total. The topological polar surface area (TPSA) is 123 Å². The third-order valence-corrected chi connectivity index (χ3v) is 2.75. The van der Waals surface area contributed by atoms with Crippen LogP contribution in [0.3, 0.4) is 0 Å². The molecule has 1 aromatic heterocycles. The highest BCUT2D eigenvalue weighted by Crippen LogP contribution is 2.23. The number of aromatic carboxylic acids is 1. The van der Waals surface area contributed by atoms with Crippen LogP contribution in [0, 0.1) is 10.1 Å². The Kier molecular flexibility index (Phi) is 4.12. The zero-order valence-electron chi connectivity index (χ0n) is 11.2. The Hall–Kier alpha value is -2.97. The lowest BCUT2D eigenvalue weighted by Gasteiger charge is -2.06. The van der Waals surface area contributed by atoms with Gasteiger partial charge in [-0.15, -0.1) is 0 Å². The number of carbonyl (C=O) groups is 1. The molecule has 0 amide bonds. The second-order valence-electron chi connectivity index (χ2n) is 4.31. The summed E-state index contributed by atoms with van der Waals surface area (Å²) in [5, 5.41) is 26.8. The first-order valence-corrected chi connectivity index (χ1v) is 6.07. The first-order valence-electron chi connectivity index (χ1n) is 6.07. The van der Waals surface area contributed by atoms with Crippen LogP contribution < -0.4 is 5.32 Å². The average molecular weight is 291 g/mol. The number of nitrogens with zero attached hydrogens (tertiary/aromatic N) is 4. The minimum atomic E-state index is -1.33. The Bertz CT molecular complexity index is 682. The summed E-state index contributed by atoms with van der Waals surface area (Å²) in [5.41, 5.74) is -0.303. The molecule has 0 saturated carbocycles. The van der Waals surface area contributed by atoms with Crippen molar-refractivity contribution in [3.63, 3.8) is 0 Å². The molecule has 9 nitrogen and oxygen atoms in total. The van der Waals surface area contributed by atoms with E-state index in [1.807, 2.05) is 0 Å². The van der Waals surface area contributed by atoms with E-state index in [-0.39, 0.29) is 5.56 Å². The molecule has 1 heterocycles. The van der Waals surface area contributed by atoms with Crippen molar-refractivity contribution in [2.75, 3.05) is 11.9 Å². The van der Waals surface area contributed by atoms with E-state index in [1.54, 1.807) is 18.1 Å². The molecule has 0 bridgehead atoms. The van der Waals surface area contributed by atoms with Crippen molar-refractivity contribution in [3.8, 4) is 0 Å². The van der Waals surface area contributed by atoms with Crippen molar-refractivity contribution in [1.29, 1.82) is 0 Å². The summed E-state index contributed by atoms with van der Waals surface area (Å²) in [7, 11) is 1.76. The molecule has 2 aromatic rings. The van der Waals surface area contributed by atoms with Gasteiger partial charge in [0.25, 0.3) is 5.69 Å². The maximum atomic E-state index is 10.9. The molecular formula is C12H13N5O4. The van der Waals surface area contributed by atoms with E-state index in [1.165, 1.54) is 18.2 Å². The average Bonchev–Trinajstić information content (AvgIpc) is 2.84. The molecule has 0 unspecified atom stereocenters. The van der Waals surface area contributed by atoms with Gasteiger partial charge in [-0.25, -0.2) is 9.78 Å². The number of nitro groups is 1. The lowest BCUT2D eigenvalue weighted by molar-refractivity contribution is -0.385. The minimum Gasteiger partial charge on any atom is -0.477 e. The summed E-state index contributed by atoms with van der Waals surface area (Å²) in [5.74, 6) is -0.674. The summed E-state index contributed by atoms with van der Waals surface area (Å²) < 4.78 is 1.59. The Morgan fingerprint density at radius 2 is 2.29 bits per heavy atom. The molecule has 0 saturated heterocycles. The molecule has 0 spiro atoms. The first-order chi connectivity index (χ1) is 9.97. The maximum absolute atomic E-state index is 10.9. The van der Waals surface area contributed by atoms with Crippen LogP contribution in [0.2, 0.25) is 0 Å². The van der Waals surface area contributed by atoms with E-state index in [4.69, 9.17) is 5.11 Å². The van der Waals surface area contributed by atoms with E-state index in [0.29, 0.717) is 24.5 Å². The van der Waals surface area contributed by atoms with Gasteiger partial charge in [0.15, 0.2) is 5.82 Å². The number of nitrogens with one attached hydrogen (secondary N) is 1. The first kappa shape index (κ1) is 14.4. The van der Waals surface area contributed by atoms with Crippen molar-refractivity contribution in [2.24, 2.45) is 7.05 Å². The monoisotopic (exact) mass is 291 g/mol. The van der Waals surface area contributed by atoms with E-state index in [0.717, 1.165) is 0 Å². The van der Waals surface area contributed by atoms with Gasteiger partial charge in [0.05, 0.1) is 4.92 Å². The molecule has 0 aliphatic heterocycles. The number of carboxylic acid groups (broad SMARTS) is 1. The van der Waals surface area contributed by atoms with Crippen LogP contribution in [0.1, 0.15) is 16.2 Å². The molecule has 1 aromatic carbocycles. The normalized spacial score (nSPS) is 10.3. The van der Waals surface area contributed by atoms with Gasteiger partial charge < -0.3 is 10.4 Å². The number of hydrogen-bond acceptors (Lipinski definition) is 6. The van der Waals surface area contributed by atoms with Crippen molar-refractivity contribution < 1.29 is 14.8 Å². The Balaban J connectivity index is 2.05. The van der Waals surface area contributed by atoms with Crippen molar-refractivity contribution in [2.45, 2.75) is 6.42 Å². The molecular weight excluding hydrogens is 278 g/mol.